The monoisotopic (exact) mass is 370 g/mol. The number of hydrogen-bond acceptors (Lipinski definition) is 5. The molecule has 1 N–H and O–H groups in total. The standard InChI is InChI=1S/C15H12F2N2O3S2/c1-2-22-10-4-5-12-13(8-10)23-15(18-12)19-24(20,21)14-6-3-9(16)7-11(14)17/h3-8H,2H2,1H3,(H,18,19). The molecule has 5 nitrogen and oxygen atoms in total. The van der Waals surface area contributed by atoms with Crippen molar-refractivity contribution in [3.8, 4) is 5.75 Å². The number of halogens is 2. The normalized spacial score (nSPS) is 11.6. The lowest BCUT2D eigenvalue weighted by molar-refractivity contribution is 0.341. The van der Waals surface area contributed by atoms with Crippen molar-refractivity contribution in [1.29, 1.82) is 0 Å². The summed E-state index contributed by atoms with van der Waals surface area (Å²) in [4.78, 5) is 3.51. The van der Waals surface area contributed by atoms with E-state index in [-0.39, 0.29) is 5.13 Å². The van der Waals surface area contributed by atoms with Crippen LogP contribution in [0.4, 0.5) is 13.9 Å². The number of nitrogens with zero attached hydrogens (tertiary/aromatic N) is 1. The molecule has 0 saturated carbocycles. The van der Waals surface area contributed by atoms with Crippen molar-refractivity contribution in [3.05, 3.63) is 48.0 Å². The number of aromatic nitrogens is 1. The number of ether oxygens (including phenoxy) is 1. The van der Waals surface area contributed by atoms with E-state index in [1.807, 2.05) is 6.92 Å². The van der Waals surface area contributed by atoms with Crippen molar-refractivity contribution in [2.45, 2.75) is 11.8 Å². The van der Waals surface area contributed by atoms with Crippen LogP contribution in [0.25, 0.3) is 10.2 Å². The van der Waals surface area contributed by atoms with Gasteiger partial charge in [0.25, 0.3) is 10.0 Å². The van der Waals surface area contributed by atoms with Crippen LogP contribution in [-0.4, -0.2) is 20.0 Å². The Morgan fingerprint density at radius 1 is 1.21 bits per heavy atom. The van der Waals surface area contributed by atoms with Crippen LogP contribution in [0.2, 0.25) is 0 Å². The summed E-state index contributed by atoms with van der Waals surface area (Å²) in [5.41, 5.74) is 0.584. The molecule has 3 aromatic rings. The molecule has 0 radical (unpaired) electrons. The molecule has 0 aliphatic rings. The molecule has 0 unspecified atom stereocenters. The van der Waals surface area contributed by atoms with E-state index in [4.69, 9.17) is 4.74 Å². The maximum Gasteiger partial charge on any atom is 0.266 e. The summed E-state index contributed by atoms with van der Waals surface area (Å²) >= 11 is 1.09. The first-order valence-corrected chi connectivity index (χ1v) is 9.20. The van der Waals surface area contributed by atoms with Crippen molar-refractivity contribution in [1.82, 2.24) is 4.98 Å². The summed E-state index contributed by atoms with van der Waals surface area (Å²) in [6.07, 6.45) is 0. The van der Waals surface area contributed by atoms with E-state index < -0.39 is 26.6 Å². The number of fused-ring (bicyclic) bond motifs is 1. The first-order valence-electron chi connectivity index (χ1n) is 6.90. The molecular formula is C15H12F2N2O3S2. The van der Waals surface area contributed by atoms with Crippen molar-refractivity contribution >= 4 is 36.7 Å². The van der Waals surface area contributed by atoms with Crippen LogP contribution < -0.4 is 9.46 Å². The quantitative estimate of drug-likeness (QED) is 0.742. The van der Waals surface area contributed by atoms with Gasteiger partial charge in [-0.05, 0) is 37.3 Å². The average Bonchev–Trinajstić information content (AvgIpc) is 2.87. The topological polar surface area (TPSA) is 68.3 Å². The van der Waals surface area contributed by atoms with Crippen LogP contribution >= 0.6 is 11.3 Å². The summed E-state index contributed by atoms with van der Waals surface area (Å²) in [5, 5.41) is 0.0855. The zero-order chi connectivity index (χ0) is 17.3. The van der Waals surface area contributed by atoms with Crippen molar-refractivity contribution in [3.63, 3.8) is 0 Å². The Labute approximate surface area is 141 Å². The van der Waals surface area contributed by atoms with E-state index in [2.05, 4.69) is 9.71 Å². The van der Waals surface area contributed by atoms with E-state index in [0.717, 1.165) is 28.2 Å². The van der Waals surface area contributed by atoms with Gasteiger partial charge in [-0.1, -0.05) is 11.3 Å². The van der Waals surface area contributed by atoms with E-state index in [1.165, 1.54) is 0 Å². The van der Waals surface area contributed by atoms with Gasteiger partial charge in [-0.2, -0.15) is 0 Å². The van der Waals surface area contributed by atoms with Crippen molar-refractivity contribution in [2.75, 3.05) is 11.3 Å². The minimum atomic E-state index is -4.20. The minimum Gasteiger partial charge on any atom is -0.494 e. The molecule has 0 bridgehead atoms. The molecule has 2 aromatic carbocycles. The predicted octanol–water partition coefficient (Wildman–Crippen LogP) is 3.77. The lowest BCUT2D eigenvalue weighted by Gasteiger charge is -2.05. The van der Waals surface area contributed by atoms with Gasteiger partial charge in [-0.25, -0.2) is 22.2 Å². The van der Waals surface area contributed by atoms with Crippen LogP contribution in [0.3, 0.4) is 0 Å². The van der Waals surface area contributed by atoms with Crippen LogP contribution in [0.15, 0.2) is 41.3 Å². The number of sulfonamides is 1. The first-order chi connectivity index (χ1) is 11.4. The van der Waals surface area contributed by atoms with Gasteiger partial charge in [0.2, 0.25) is 0 Å². The molecule has 1 aromatic heterocycles. The Hall–Kier alpha value is -2.26. The van der Waals surface area contributed by atoms with Crippen LogP contribution in [0.1, 0.15) is 6.92 Å². The Kier molecular flexibility index (Phi) is 4.37. The lowest BCUT2D eigenvalue weighted by atomic mass is 10.3. The molecule has 9 heteroatoms. The van der Waals surface area contributed by atoms with Gasteiger partial charge in [-0.15, -0.1) is 0 Å². The summed E-state index contributed by atoms with van der Waals surface area (Å²) in [7, 11) is -4.20. The molecule has 0 fully saturated rings. The number of benzene rings is 2. The number of rotatable bonds is 5. The number of hydrogen-bond donors (Lipinski definition) is 1. The molecule has 3 rings (SSSR count). The Morgan fingerprint density at radius 2 is 2.00 bits per heavy atom. The Morgan fingerprint density at radius 3 is 2.71 bits per heavy atom. The number of thiazole rings is 1. The van der Waals surface area contributed by atoms with E-state index in [1.54, 1.807) is 18.2 Å². The first kappa shape index (κ1) is 16.6. The Bertz CT molecular complexity index is 1000. The lowest BCUT2D eigenvalue weighted by Crippen LogP contribution is -2.14. The zero-order valence-electron chi connectivity index (χ0n) is 12.4. The van der Waals surface area contributed by atoms with Crippen molar-refractivity contribution in [2.24, 2.45) is 0 Å². The van der Waals surface area contributed by atoms with E-state index in [9.17, 15) is 17.2 Å². The third kappa shape index (κ3) is 3.31. The number of anilines is 1. The summed E-state index contributed by atoms with van der Waals surface area (Å²) in [6, 6.07) is 7.43. The minimum absolute atomic E-state index is 0.0855. The highest BCUT2D eigenvalue weighted by Gasteiger charge is 2.21. The van der Waals surface area contributed by atoms with Gasteiger partial charge < -0.3 is 4.74 Å². The second kappa shape index (κ2) is 6.33. The molecule has 0 atom stereocenters. The van der Waals surface area contributed by atoms with Crippen LogP contribution in [0, 0.1) is 11.6 Å². The SMILES string of the molecule is CCOc1ccc2nc(NS(=O)(=O)c3ccc(F)cc3F)sc2c1. The third-order valence-corrected chi connectivity index (χ3v) is 5.51. The highest BCUT2D eigenvalue weighted by atomic mass is 32.2. The molecule has 24 heavy (non-hydrogen) atoms. The molecule has 0 spiro atoms. The molecule has 0 saturated heterocycles. The Balaban J connectivity index is 1.93. The van der Waals surface area contributed by atoms with Gasteiger partial charge in [0, 0.05) is 6.07 Å². The molecule has 126 valence electrons. The maximum atomic E-state index is 13.7. The highest BCUT2D eigenvalue weighted by molar-refractivity contribution is 7.93. The smallest absolute Gasteiger partial charge is 0.266 e. The summed E-state index contributed by atoms with van der Waals surface area (Å²) in [6.45, 7) is 2.36. The molecular weight excluding hydrogens is 358 g/mol. The molecule has 0 aliphatic heterocycles. The summed E-state index contributed by atoms with van der Waals surface area (Å²) in [5.74, 6) is -1.37. The van der Waals surface area contributed by atoms with Crippen LogP contribution in [-0.2, 0) is 10.0 Å². The maximum absolute atomic E-state index is 13.7. The second-order valence-electron chi connectivity index (χ2n) is 4.76. The number of nitrogens with one attached hydrogen (secondary N) is 1. The van der Waals surface area contributed by atoms with E-state index in [0.29, 0.717) is 23.9 Å². The van der Waals surface area contributed by atoms with Gasteiger partial charge in [0.05, 0.1) is 16.8 Å². The van der Waals surface area contributed by atoms with Gasteiger partial charge in [0.15, 0.2) is 5.13 Å². The molecule has 1 heterocycles. The zero-order valence-corrected chi connectivity index (χ0v) is 14.0. The molecule has 0 amide bonds. The average molecular weight is 370 g/mol. The van der Waals surface area contributed by atoms with E-state index >= 15 is 0 Å². The second-order valence-corrected chi connectivity index (χ2v) is 7.44. The highest BCUT2D eigenvalue weighted by Crippen LogP contribution is 2.31. The van der Waals surface area contributed by atoms with Crippen LogP contribution in [0.5, 0.6) is 5.75 Å². The fourth-order valence-electron chi connectivity index (χ4n) is 2.07. The third-order valence-electron chi connectivity index (χ3n) is 3.08. The largest absolute Gasteiger partial charge is 0.494 e. The summed E-state index contributed by atoms with van der Waals surface area (Å²) < 4.78 is 59.4. The van der Waals surface area contributed by atoms with Gasteiger partial charge >= 0.3 is 0 Å². The fraction of sp³-hybridized carbons (Fsp3) is 0.133. The van der Waals surface area contributed by atoms with Crippen molar-refractivity contribution < 1.29 is 21.9 Å². The van der Waals surface area contributed by atoms with Gasteiger partial charge in [-0.3, -0.25) is 4.72 Å². The fourth-order valence-corrected chi connectivity index (χ4v) is 4.26. The van der Waals surface area contributed by atoms with Gasteiger partial charge in [0.1, 0.15) is 22.3 Å². The molecule has 0 aliphatic carbocycles. The predicted molar refractivity (Wildman–Crippen MR) is 88.0 cm³/mol.